The molecule has 0 saturated heterocycles. The highest BCUT2D eigenvalue weighted by Gasteiger charge is 2.40. The molecular weight excluding hydrogens is 384 g/mol. The van der Waals surface area contributed by atoms with Crippen molar-refractivity contribution in [3.8, 4) is 0 Å². The molecule has 6 heteroatoms. The number of ether oxygens (including phenoxy) is 2. The van der Waals surface area contributed by atoms with Crippen LogP contribution in [0.5, 0.6) is 0 Å². The average molecular weight is 417 g/mol. The van der Waals surface area contributed by atoms with E-state index in [4.69, 9.17) is 18.3 Å². The summed E-state index contributed by atoms with van der Waals surface area (Å²) in [4.78, 5) is 25.4. The zero-order chi connectivity index (χ0) is 22.4. The molecule has 0 aromatic carbocycles. The second-order valence-electron chi connectivity index (χ2n) is 7.81. The fourth-order valence-electron chi connectivity index (χ4n) is 3.25. The van der Waals surface area contributed by atoms with Crippen LogP contribution in [-0.4, -0.2) is 25.2 Å². The second kappa shape index (κ2) is 9.83. The van der Waals surface area contributed by atoms with Crippen LogP contribution in [0.1, 0.15) is 63.6 Å². The van der Waals surface area contributed by atoms with Gasteiger partial charge in [-0.1, -0.05) is 12.2 Å². The lowest BCUT2D eigenvalue weighted by molar-refractivity contribution is -0.151. The van der Waals surface area contributed by atoms with Gasteiger partial charge in [0, 0.05) is 0 Å². The molecule has 2 atom stereocenters. The second-order valence-corrected chi connectivity index (χ2v) is 7.81. The van der Waals surface area contributed by atoms with Gasteiger partial charge < -0.3 is 18.3 Å². The van der Waals surface area contributed by atoms with Crippen LogP contribution in [-0.2, 0) is 29.9 Å². The Kier molecular flexibility index (Phi) is 7.71. The number of hydrogen-bond acceptors (Lipinski definition) is 6. The third-order valence-electron chi connectivity index (χ3n) is 5.24. The maximum Gasteiger partial charge on any atom is 0.319 e. The van der Waals surface area contributed by atoms with Crippen molar-refractivity contribution in [3.05, 3.63) is 59.5 Å². The van der Waals surface area contributed by atoms with Crippen LogP contribution in [0, 0.1) is 13.8 Å². The summed E-state index contributed by atoms with van der Waals surface area (Å²) in [7, 11) is 0. The van der Waals surface area contributed by atoms with Crippen molar-refractivity contribution in [3.63, 3.8) is 0 Å². The van der Waals surface area contributed by atoms with Gasteiger partial charge in [0.25, 0.3) is 0 Å². The molecule has 2 rings (SSSR count). The number of furan rings is 2. The third-order valence-corrected chi connectivity index (χ3v) is 5.24. The predicted octanol–water partition coefficient (Wildman–Crippen LogP) is 5.17. The fraction of sp³-hybridized carbons (Fsp3) is 0.500. The summed E-state index contributed by atoms with van der Waals surface area (Å²) in [6, 6.07) is 7.25. The van der Waals surface area contributed by atoms with Gasteiger partial charge in [0.05, 0.1) is 13.2 Å². The van der Waals surface area contributed by atoms with Gasteiger partial charge in [0.1, 0.15) is 33.9 Å². The Morgan fingerprint density at radius 2 is 1.17 bits per heavy atom. The lowest BCUT2D eigenvalue weighted by Crippen LogP contribution is -2.34. The van der Waals surface area contributed by atoms with Crippen molar-refractivity contribution >= 4 is 11.9 Å². The first-order valence-electron chi connectivity index (χ1n) is 10.3. The van der Waals surface area contributed by atoms with Crippen LogP contribution in [0.2, 0.25) is 0 Å². The summed E-state index contributed by atoms with van der Waals surface area (Å²) in [5.74, 6) is 1.87. The Bertz CT molecular complexity index is 817. The van der Waals surface area contributed by atoms with Gasteiger partial charge in [0.2, 0.25) is 0 Å². The molecule has 0 aliphatic carbocycles. The SMILES string of the molecule is CCOC(=O)C(C)(C/C=C/CC(C)(C(=O)OCC)c1ccc(C)o1)c1ccc(C)o1. The predicted molar refractivity (Wildman–Crippen MR) is 113 cm³/mol. The maximum atomic E-state index is 12.7. The molecule has 6 nitrogen and oxygen atoms in total. The van der Waals surface area contributed by atoms with E-state index in [0.717, 1.165) is 11.5 Å². The topological polar surface area (TPSA) is 78.9 Å². The van der Waals surface area contributed by atoms with E-state index in [0.29, 0.717) is 24.4 Å². The smallest absolute Gasteiger partial charge is 0.319 e. The quantitative estimate of drug-likeness (QED) is 0.393. The Morgan fingerprint density at radius 3 is 1.43 bits per heavy atom. The van der Waals surface area contributed by atoms with Gasteiger partial charge in [-0.3, -0.25) is 9.59 Å². The molecular formula is C24H32O6. The molecule has 164 valence electrons. The molecule has 0 aliphatic rings. The summed E-state index contributed by atoms with van der Waals surface area (Å²) in [5.41, 5.74) is -1.91. The largest absolute Gasteiger partial charge is 0.465 e. The van der Waals surface area contributed by atoms with Crippen molar-refractivity contribution in [2.24, 2.45) is 0 Å². The number of allylic oxidation sites excluding steroid dienone is 2. The highest BCUT2D eigenvalue weighted by molar-refractivity contribution is 5.83. The third kappa shape index (κ3) is 5.04. The van der Waals surface area contributed by atoms with E-state index in [1.165, 1.54) is 0 Å². The molecule has 2 aromatic heterocycles. The van der Waals surface area contributed by atoms with Crippen molar-refractivity contribution in [1.82, 2.24) is 0 Å². The Labute approximate surface area is 178 Å². The van der Waals surface area contributed by atoms with Crippen LogP contribution in [0.15, 0.2) is 45.3 Å². The summed E-state index contributed by atoms with van der Waals surface area (Å²) < 4.78 is 22.0. The highest BCUT2D eigenvalue weighted by atomic mass is 16.5. The molecule has 0 amide bonds. The number of rotatable bonds is 10. The highest BCUT2D eigenvalue weighted by Crippen LogP contribution is 2.34. The normalized spacial score (nSPS) is 15.5. The van der Waals surface area contributed by atoms with Gasteiger partial charge in [-0.05, 0) is 78.6 Å². The van der Waals surface area contributed by atoms with Crippen molar-refractivity contribution in [2.45, 2.75) is 65.2 Å². The Balaban J connectivity index is 2.24. The van der Waals surface area contributed by atoms with E-state index < -0.39 is 10.8 Å². The molecule has 2 heterocycles. The summed E-state index contributed by atoms with van der Waals surface area (Å²) in [6.07, 6.45) is 4.49. The first-order valence-corrected chi connectivity index (χ1v) is 10.3. The van der Waals surface area contributed by atoms with Crippen LogP contribution >= 0.6 is 0 Å². The maximum absolute atomic E-state index is 12.7. The number of hydrogen-bond donors (Lipinski definition) is 0. The lowest BCUT2D eigenvalue weighted by atomic mass is 9.81. The molecule has 0 bridgehead atoms. The van der Waals surface area contributed by atoms with E-state index in [2.05, 4.69) is 0 Å². The van der Waals surface area contributed by atoms with Crippen molar-refractivity contribution < 1.29 is 27.9 Å². The van der Waals surface area contributed by atoms with E-state index in [-0.39, 0.29) is 25.2 Å². The molecule has 0 fully saturated rings. The number of aryl methyl sites for hydroxylation is 2. The van der Waals surface area contributed by atoms with Crippen molar-refractivity contribution in [2.75, 3.05) is 13.2 Å². The molecule has 0 saturated carbocycles. The average Bonchev–Trinajstić information content (AvgIpc) is 3.34. The summed E-state index contributed by atoms with van der Waals surface area (Å²) in [6.45, 7) is 11.4. The summed E-state index contributed by atoms with van der Waals surface area (Å²) in [5, 5.41) is 0. The Hall–Kier alpha value is -2.76. The molecule has 0 radical (unpaired) electrons. The minimum Gasteiger partial charge on any atom is -0.465 e. The van der Waals surface area contributed by atoms with Gasteiger partial charge in [-0.15, -0.1) is 0 Å². The van der Waals surface area contributed by atoms with E-state index >= 15 is 0 Å². The molecule has 0 spiro atoms. The van der Waals surface area contributed by atoms with Gasteiger partial charge in [-0.25, -0.2) is 0 Å². The summed E-state index contributed by atoms with van der Waals surface area (Å²) >= 11 is 0. The van der Waals surface area contributed by atoms with Crippen molar-refractivity contribution in [1.29, 1.82) is 0 Å². The van der Waals surface area contributed by atoms with E-state index in [1.807, 2.05) is 38.1 Å². The number of carbonyl (C=O) groups is 2. The number of carbonyl (C=O) groups excluding carboxylic acids is 2. The minimum atomic E-state index is -0.956. The zero-order valence-electron chi connectivity index (χ0n) is 18.7. The first-order chi connectivity index (χ1) is 14.2. The van der Waals surface area contributed by atoms with Gasteiger partial charge in [0.15, 0.2) is 0 Å². The van der Waals surface area contributed by atoms with Gasteiger partial charge in [-0.2, -0.15) is 0 Å². The molecule has 30 heavy (non-hydrogen) atoms. The molecule has 0 aliphatic heterocycles. The monoisotopic (exact) mass is 416 g/mol. The van der Waals surface area contributed by atoms with E-state index in [9.17, 15) is 9.59 Å². The first kappa shape index (κ1) is 23.5. The van der Waals surface area contributed by atoms with E-state index in [1.54, 1.807) is 39.8 Å². The zero-order valence-corrected chi connectivity index (χ0v) is 18.7. The molecule has 2 unspecified atom stereocenters. The van der Waals surface area contributed by atoms with Crippen LogP contribution in [0.25, 0.3) is 0 Å². The van der Waals surface area contributed by atoms with Gasteiger partial charge >= 0.3 is 11.9 Å². The lowest BCUT2D eigenvalue weighted by Gasteiger charge is -2.25. The number of esters is 2. The molecule has 2 aromatic rings. The Morgan fingerprint density at radius 1 is 0.800 bits per heavy atom. The van der Waals surface area contributed by atoms with Crippen LogP contribution < -0.4 is 0 Å². The van der Waals surface area contributed by atoms with Crippen LogP contribution in [0.3, 0.4) is 0 Å². The van der Waals surface area contributed by atoms with Crippen LogP contribution in [0.4, 0.5) is 0 Å². The fourth-order valence-corrected chi connectivity index (χ4v) is 3.25. The minimum absolute atomic E-state index is 0.288. The molecule has 0 N–H and O–H groups in total. The standard InChI is InChI=1S/C24H32O6/c1-7-27-21(25)23(5,19-13-11-17(3)29-19)15-9-10-16-24(6,22(26)28-8-2)20-14-12-18(4)30-20/h9-14H,7-8,15-16H2,1-6H3/b10-9+.